The summed E-state index contributed by atoms with van der Waals surface area (Å²) in [6.45, 7) is 8.95. The van der Waals surface area contributed by atoms with Crippen molar-refractivity contribution in [3.8, 4) is 0 Å². The Morgan fingerprint density at radius 2 is 2.00 bits per heavy atom. The van der Waals surface area contributed by atoms with Crippen LogP contribution in [0.4, 0.5) is 11.8 Å². The molecule has 0 bridgehead atoms. The van der Waals surface area contributed by atoms with Crippen molar-refractivity contribution in [2.24, 2.45) is 0 Å². The number of piperazine rings is 1. The highest BCUT2D eigenvalue weighted by molar-refractivity contribution is 5.86. The molecule has 0 radical (unpaired) electrons. The van der Waals surface area contributed by atoms with Crippen LogP contribution in [0.25, 0.3) is 0 Å². The SMILES string of the molecule is CCc1cc(N2C[C@@H]3CCCN3C(=O)[C@@H]2C)nc(N2CCOCC2)n1. The molecule has 1 aromatic heterocycles. The van der Waals surface area contributed by atoms with Gasteiger partial charge in [0.05, 0.1) is 13.2 Å². The molecule has 4 heterocycles. The van der Waals surface area contributed by atoms with Crippen LogP contribution in [-0.2, 0) is 16.0 Å². The molecule has 25 heavy (non-hydrogen) atoms. The Bertz CT molecular complexity index is 646. The number of hydrogen-bond acceptors (Lipinski definition) is 6. The monoisotopic (exact) mass is 345 g/mol. The van der Waals surface area contributed by atoms with Crippen LogP contribution >= 0.6 is 0 Å². The summed E-state index contributed by atoms with van der Waals surface area (Å²) in [6, 6.07) is 2.22. The molecule has 0 unspecified atom stereocenters. The van der Waals surface area contributed by atoms with E-state index in [1.807, 2.05) is 6.92 Å². The van der Waals surface area contributed by atoms with Gasteiger partial charge in [0.1, 0.15) is 11.9 Å². The van der Waals surface area contributed by atoms with Gasteiger partial charge >= 0.3 is 0 Å². The van der Waals surface area contributed by atoms with Gasteiger partial charge in [0, 0.05) is 44.0 Å². The molecule has 0 N–H and O–H groups in total. The van der Waals surface area contributed by atoms with Gasteiger partial charge in [-0.05, 0) is 26.2 Å². The van der Waals surface area contributed by atoms with Crippen LogP contribution in [0.2, 0.25) is 0 Å². The Kier molecular flexibility index (Phi) is 4.50. The number of anilines is 2. The zero-order chi connectivity index (χ0) is 17.4. The molecule has 3 aliphatic heterocycles. The van der Waals surface area contributed by atoms with Crippen LogP contribution in [0.1, 0.15) is 32.4 Å². The van der Waals surface area contributed by atoms with E-state index >= 15 is 0 Å². The number of nitrogens with zero attached hydrogens (tertiary/aromatic N) is 5. The van der Waals surface area contributed by atoms with E-state index in [4.69, 9.17) is 14.7 Å². The first-order valence-electron chi connectivity index (χ1n) is 9.45. The van der Waals surface area contributed by atoms with E-state index in [9.17, 15) is 4.79 Å². The molecule has 3 saturated heterocycles. The minimum Gasteiger partial charge on any atom is -0.378 e. The predicted molar refractivity (Wildman–Crippen MR) is 96.0 cm³/mol. The highest BCUT2D eigenvalue weighted by atomic mass is 16.5. The smallest absolute Gasteiger partial charge is 0.245 e. The molecular formula is C18H27N5O2. The number of hydrogen-bond donors (Lipinski definition) is 0. The van der Waals surface area contributed by atoms with Crippen LogP contribution in [0, 0.1) is 0 Å². The normalized spacial score (nSPS) is 27.0. The quantitative estimate of drug-likeness (QED) is 0.817. The molecule has 0 saturated carbocycles. The Labute approximate surface area is 149 Å². The fraction of sp³-hybridized carbons (Fsp3) is 0.722. The third-order valence-electron chi connectivity index (χ3n) is 5.60. The van der Waals surface area contributed by atoms with Crippen LogP contribution in [0.5, 0.6) is 0 Å². The summed E-state index contributed by atoms with van der Waals surface area (Å²) >= 11 is 0. The number of aromatic nitrogens is 2. The van der Waals surface area contributed by atoms with E-state index < -0.39 is 0 Å². The molecule has 7 heteroatoms. The number of carbonyl (C=O) groups is 1. The minimum absolute atomic E-state index is 0.161. The number of aryl methyl sites for hydroxylation is 1. The number of morpholine rings is 1. The van der Waals surface area contributed by atoms with Gasteiger partial charge in [-0.3, -0.25) is 4.79 Å². The van der Waals surface area contributed by atoms with Crippen molar-refractivity contribution in [1.29, 1.82) is 0 Å². The maximum Gasteiger partial charge on any atom is 0.245 e. The van der Waals surface area contributed by atoms with Crippen LogP contribution in [0.3, 0.4) is 0 Å². The van der Waals surface area contributed by atoms with E-state index in [0.29, 0.717) is 19.3 Å². The number of carbonyl (C=O) groups excluding carboxylic acids is 1. The van der Waals surface area contributed by atoms with Crippen molar-refractivity contribution in [2.45, 2.75) is 45.2 Å². The topological polar surface area (TPSA) is 61.8 Å². The van der Waals surface area contributed by atoms with E-state index in [1.54, 1.807) is 0 Å². The summed E-state index contributed by atoms with van der Waals surface area (Å²) in [5.74, 6) is 1.89. The molecule has 0 aromatic carbocycles. The summed E-state index contributed by atoms with van der Waals surface area (Å²) in [5.41, 5.74) is 1.03. The average molecular weight is 345 g/mol. The maximum absolute atomic E-state index is 12.7. The van der Waals surface area contributed by atoms with Crippen molar-refractivity contribution in [1.82, 2.24) is 14.9 Å². The average Bonchev–Trinajstić information content (AvgIpc) is 3.13. The van der Waals surface area contributed by atoms with Gasteiger partial charge in [0.25, 0.3) is 0 Å². The molecular weight excluding hydrogens is 318 g/mol. The van der Waals surface area contributed by atoms with E-state index in [1.165, 1.54) is 0 Å². The molecule has 1 aromatic rings. The van der Waals surface area contributed by atoms with Gasteiger partial charge in [-0.15, -0.1) is 0 Å². The van der Waals surface area contributed by atoms with E-state index in [-0.39, 0.29) is 11.9 Å². The third-order valence-corrected chi connectivity index (χ3v) is 5.60. The first-order valence-corrected chi connectivity index (χ1v) is 9.45. The van der Waals surface area contributed by atoms with Crippen molar-refractivity contribution in [2.75, 3.05) is 49.2 Å². The Morgan fingerprint density at radius 3 is 2.76 bits per heavy atom. The van der Waals surface area contributed by atoms with Gasteiger partial charge in [0.15, 0.2) is 0 Å². The lowest BCUT2D eigenvalue weighted by Gasteiger charge is -2.42. The van der Waals surface area contributed by atoms with Gasteiger partial charge in [-0.25, -0.2) is 4.98 Å². The lowest BCUT2D eigenvalue weighted by molar-refractivity contribution is -0.134. The Hall–Kier alpha value is -1.89. The lowest BCUT2D eigenvalue weighted by atomic mass is 10.1. The second-order valence-corrected chi connectivity index (χ2v) is 7.13. The molecule has 136 valence electrons. The second kappa shape index (κ2) is 6.78. The molecule has 0 spiro atoms. The minimum atomic E-state index is -0.161. The molecule has 2 atom stereocenters. The summed E-state index contributed by atoms with van der Waals surface area (Å²) < 4.78 is 5.44. The summed E-state index contributed by atoms with van der Waals surface area (Å²) in [7, 11) is 0. The van der Waals surface area contributed by atoms with Crippen molar-refractivity contribution in [3.05, 3.63) is 11.8 Å². The van der Waals surface area contributed by atoms with E-state index in [0.717, 1.165) is 62.9 Å². The predicted octanol–water partition coefficient (Wildman–Crippen LogP) is 1.08. The van der Waals surface area contributed by atoms with Crippen molar-refractivity contribution in [3.63, 3.8) is 0 Å². The largest absolute Gasteiger partial charge is 0.378 e. The number of rotatable bonds is 3. The molecule has 7 nitrogen and oxygen atoms in total. The Morgan fingerprint density at radius 1 is 1.20 bits per heavy atom. The summed E-state index contributed by atoms with van der Waals surface area (Å²) in [4.78, 5) is 28.7. The molecule has 4 rings (SSSR count). The third kappa shape index (κ3) is 3.05. The van der Waals surface area contributed by atoms with Crippen LogP contribution in [-0.4, -0.2) is 72.3 Å². The first kappa shape index (κ1) is 16.6. The van der Waals surface area contributed by atoms with Gasteiger partial charge in [0.2, 0.25) is 11.9 Å². The first-order chi connectivity index (χ1) is 12.2. The zero-order valence-electron chi connectivity index (χ0n) is 15.1. The zero-order valence-corrected chi connectivity index (χ0v) is 15.1. The highest BCUT2D eigenvalue weighted by Gasteiger charge is 2.41. The highest BCUT2D eigenvalue weighted by Crippen LogP contribution is 2.30. The fourth-order valence-electron chi connectivity index (χ4n) is 4.07. The number of ether oxygens (including phenoxy) is 1. The number of fused-ring (bicyclic) bond motifs is 1. The standard InChI is InChI=1S/C18H27N5O2/c1-3-14-11-16(20-18(19-14)21-7-9-25-10-8-21)23-12-15-5-4-6-22(15)17(24)13(23)2/h11,13,15H,3-10,12H2,1-2H3/t13-,15-/m0/s1. The fourth-order valence-corrected chi connectivity index (χ4v) is 4.07. The molecule has 0 aliphatic carbocycles. The van der Waals surface area contributed by atoms with Crippen molar-refractivity contribution >= 4 is 17.7 Å². The molecule has 3 aliphatic rings. The number of amides is 1. The second-order valence-electron chi connectivity index (χ2n) is 7.13. The van der Waals surface area contributed by atoms with Gasteiger partial charge < -0.3 is 19.4 Å². The summed E-state index contributed by atoms with van der Waals surface area (Å²) in [6.07, 6.45) is 3.07. The van der Waals surface area contributed by atoms with Gasteiger partial charge in [-0.2, -0.15) is 4.98 Å². The van der Waals surface area contributed by atoms with Crippen LogP contribution < -0.4 is 9.80 Å². The summed E-state index contributed by atoms with van der Waals surface area (Å²) in [5, 5.41) is 0. The molecule has 3 fully saturated rings. The Balaban J connectivity index is 1.65. The van der Waals surface area contributed by atoms with Crippen molar-refractivity contribution < 1.29 is 9.53 Å². The molecule has 1 amide bonds. The van der Waals surface area contributed by atoms with Crippen LogP contribution in [0.15, 0.2) is 6.07 Å². The van der Waals surface area contributed by atoms with Gasteiger partial charge in [-0.1, -0.05) is 6.92 Å². The maximum atomic E-state index is 12.7. The lowest BCUT2D eigenvalue weighted by Crippen LogP contribution is -2.59. The van der Waals surface area contributed by atoms with E-state index in [2.05, 4.69) is 27.7 Å².